The summed E-state index contributed by atoms with van der Waals surface area (Å²) in [6.45, 7) is 0. The van der Waals surface area contributed by atoms with Gasteiger partial charge in [0.1, 0.15) is 0 Å². The molecule has 0 bridgehead atoms. The Morgan fingerprint density at radius 2 is 0.727 bits per heavy atom. The zero-order valence-corrected chi connectivity index (χ0v) is 35.6. The monoisotopic (exact) mass is 839 g/mol. The molecule has 0 aliphatic carbocycles. The molecule has 5 heteroatoms. The molecule has 3 aromatic heterocycles. The second-order valence-corrected chi connectivity index (χ2v) is 17.2. The third-order valence-corrected chi connectivity index (χ3v) is 13.5. The molecule has 0 saturated heterocycles. The van der Waals surface area contributed by atoms with Crippen LogP contribution in [0.3, 0.4) is 0 Å². The van der Waals surface area contributed by atoms with Gasteiger partial charge in [-0.2, -0.15) is 0 Å². The largest absolute Gasteiger partial charge is 0.307 e. The van der Waals surface area contributed by atoms with Crippen molar-refractivity contribution in [1.82, 2.24) is 24.1 Å². The number of hydrogen-bond donors (Lipinski definition) is 0. The minimum absolute atomic E-state index is 0.620. The lowest BCUT2D eigenvalue weighted by Crippen LogP contribution is -2.03. The Kier molecular flexibility index (Phi) is 7.91. The first-order valence-corrected chi connectivity index (χ1v) is 22.4. The van der Waals surface area contributed by atoms with Crippen LogP contribution in [0.2, 0.25) is 0 Å². The van der Waals surface area contributed by atoms with Gasteiger partial charge in [0.05, 0.1) is 27.8 Å². The van der Waals surface area contributed by atoms with Gasteiger partial charge in [-0.25, -0.2) is 15.0 Å². The van der Waals surface area contributed by atoms with Crippen molar-refractivity contribution in [1.29, 1.82) is 0 Å². The van der Waals surface area contributed by atoms with Crippen LogP contribution >= 0.6 is 0 Å². The fourth-order valence-electron chi connectivity index (χ4n) is 10.5. The second kappa shape index (κ2) is 14.3. The van der Waals surface area contributed by atoms with Crippen molar-refractivity contribution in [3.8, 4) is 45.5 Å². The summed E-state index contributed by atoms with van der Waals surface area (Å²) in [7, 11) is 0. The quantitative estimate of drug-likeness (QED) is 0.162. The molecule has 0 saturated carbocycles. The Morgan fingerprint density at radius 1 is 0.258 bits per heavy atom. The van der Waals surface area contributed by atoms with Gasteiger partial charge >= 0.3 is 0 Å². The van der Waals surface area contributed by atoms with Gasteiger partial charge in [-0.15, -0.1) is 0 Å². The highest BCUT2D eigenvalue weighted by Crippen LogP contribution is 2.45. The van der Waals surface area contributed by atoms with E-state index in [-0.39, 0.29) is 0 Å². The number of nitrogens with zero attached hydrogens (tertiary/aromatic N) is 5. The summed E-state index contributed by atoms with van der Waals surface area (Å²) in [4.78, 5) is 15.4. The molecule has 0 radical (unpaired) electrons. The van der Waals surface area contributed by atoms with Crippen molar-refractivity contribution in [2.75, 3.05) is 0 Å². The minimum Gasteiger partial charge on any atom is -0.307 e. The Morgan fingerprint density at radius 3 is 1.47 bits per heavy atom. The summed E-state index contributed by atoms with van der Waals surface area (Å²) in [6, 6.07) is 80.5. The molecule has 14 aromatic rings. The van der Waals surface area contributed by atoms with Crippen LogP contribution in [-0.4, -0.2) is 24.1 Å². The van der Waals surface area contributed by atoms with Gasteiger partial charge in [-0.1, -0.05) is 176 Å². The standard InChI is InChI=1S/C61H37N5/c1-2-16-40(17-3-1)59-62-60(64-61(63-59)44-31-34-47-43(36-44)27-26-38-14-4-7-19-46(38)47)41-28-32-45(33-29-41)65-54-24-12-11-23-51(54)53-37-42-18-6-9-21-49(42)57(58(53)65)66-55-25-13-10-22-50(55)52-35-30-39-15-5-8-20-48(39)56(52)66/h1-37H. The molecule has 0 N–H and O–H groups in total. The lowest BCUT2D eigenvalue weighted by molar-refractivity contribution is 1.07. The van der Waals surface area contributed by atoms with Gasteiger partial charge in [0.2, 0.25) is 0 Å². The maximum Gasteiger partial charge on any atom is 0.164 e. The highest BCUT2D eigenvalue weighted by atomic mass is 15.1. The van der Waals surface area contributed by atoms with Gasteiger partial charge in [0.15, 0.2) is 17.5 Å². The highest BCUT2D eigenvalue weighted by Gasteiger charge is 2.24. The molecule has 11 aromatic carbocycles. The van der Waals surface area contributed by atoms with Crippen LogP contribution in [-0.2, 0) is 0 Å². The summed E-state index contributed by atoms with van der Waals surface area (Å²) in [5, 5.41) is 14.5. The minimum atomic E-state index is 0.620. The van der Waals surface area contributed by atoms with E-state index >= 15 is 0 Å². The van der Waals surface area contributed by atoms with E-state index < -0.39 is 0 Å². The van der Waals surface area contributed by atoms with Crippen LogP contribution in [0.1, 0.15) is 0 Å². The van der Waals surface area contributed by atoms with E-state index in [1.165, 1.54) is 70.3 Å². The van der Waals surface area contributed by atoms with Gasteiger partial charge in [-0.05, 0) is 80.8 Å². The lowest BCUT2D eigenvalue weighted by atomic mass is 10.00. The molecule has 0 atom stereocenters. The molecule has 3 heterocycles. The van der Waals surface area contributed by atoms with Gasteiger partial charge in [0, 0.05) is 54.7 Å². The summed E-state index contributed by atoms with van der Waals surface area (Å²) in [5.41, 5.74) is 9.66. The van der Waals surface area contributed by atoms with Crippen molar-refractivity contribution in [2.24, 2.45) is 0 Å². The van der Waals surface area contributed by atoms with E-state index in [0.29, 0.717) is 17.5 Å². The van der Waals surface area contributed by atoms with Crippen LogP contribution < -0.4 is 0 Å². The Balaban J connectivity index is 0.998. The molecule has 14 rings (SSSR count). The van der Waals surface area contributed by atoms with Crippen LogP contribution in [0, 0.1) is 0 Å². The highest BCUT2D eigenvalue weighted by molar-refractivity contribution is 6.23. The number of aromatic nitrogens is 5. The zero-order chi connectivity index (χ0) is 43.3. The molecular weight excluding hydrogens is 803 g/mol. The molecule has 0 fully saturated rings. The van der Waals surface area contributed by atoms with Crippen LogP contribution in [0.25, 0.3) is 132 Å². The second-order valence-electron chi connectivity index (χ2n) is 17.2. The maximum atomic E-state index is 5.19. The lowest BCUT2D eigenvalue weighted by Gasteiger charge is -2.18. The van der Waals surface area contributed by atoms with Crippen LogP contribution in [0.4, 0.5) is 0 Å². The third kappa shape index (κ3) is 5.50. The fraction of sp³-hybridized carbons (Fsp3) is 0. The third-order valence-electron chi connectivity index (χ3n) is 13.5. The summed E-state index contributed by atoms with van der Waals surface area (Å²) >= 11 is 0. The van der Waals surface area contributed by atoms with E-state index in [9.17, 15) is 0 Å². The van der Waals surface area contributed by atoms with Crippen molar-refractivity contribution >= 4 is 86.7 Å². The number of rotatable bonds is 5. The molecule has 0 spiro atoms. The maximum absolute atomic E-state index is 5.19. The number of para-hydroxylation sites is 2. The molecule has 0 unspecified atom stereocenters. The fourth-order valence-corrected chi connectivity index (χ4v) is 10.5. The van der Waals surface area contributed by atoms with E-state index in [4.69, 9.17) is 15.0 Å². The van der Waals surface area contributed by atoms with Crippen LogP contribution in [0.15, 0.2) is 224 Å². The predicted octanol–water partition coefficient (Wildman–Crippen LogP) is 15.7. The van der Waals surface area contributed by atoms with Crippen molar-refractivity contribution < 1.29 is 0 Å². The van der Waals surface area contributed by atoms with E-state index in [1.54, 1.807) is 0 Å². The number of hydrogen-bond acceptors (Lipinski definition) is 3. The SMILES string of the molecule is c1ccc(-c2nc(-c3ccc(-n4c5ccccc5c5cc6ccccc6c(-n6c7ccccc7c7ccc8ccccc8c76)c54)cc3)nc(-c3ccc4c(ccc5ccccc54)c3)n2)cc1. The molecule has 306 valence electrons. The first kappa shape index (κ1) is 36.5. The van der Waals surface area contributed by atoms with E-state index in [2.05, 4.69) is 215 Å². The van der Waals surface area contributed by atoms with Gasteiger partial charge < -0.3 is 9.13 Å². The Bertz CT molecular complexity index is 4280. The van der Waals surface area contributed by atoms with E-state index in [0.717, 1.165) is 44.5 Å². The number of fused-ring (bicyclic) bond motifs is 12. The first-order chi connectivity index (χ1) is 32.7. The Hall–Kier alpha value is -8.93. The predicted molar refractivity (Wildman–Crippen MR) is 275 cm³/mol. The van der Waals surface area contributed by atoms with Crippen molar-refractivity contribution in [2.45, 2.75) is 0 Å². The average molecular weight is 840 g/mol. The summed E-state index contributed by atoms with van der Waals surface area (Å²) in [6.07, 6.45) is 0. The molecule has 66 heavy (non-hydrogen) atoms. The normalized spacial score (nSPS) is 11.9. The molecule has 0 aliphatic rings. The van der Waals surface area contributed by atoms with Crippen LogP contribution in [0.5, 0.6) is 0 Å². The Labute approximate surface area is 379 Å². The van der Waals surface area contributed by atoms with Gasteiger partial charge in [0.25, 0.3) is 0 Å². The summed E-state index contributed by atoms with van der Waals surface area (Å²) in [5.74, 6) is 1.89. The van der Waals surface area contributed by atoms with Gasteiger partial charge in [-0.3, -0.25) is 0 Å². The molecule has 0 aliphatic heterocycles. The molecular formula is C61H37N5. The smallest absolute Gasteiger partial charge is 0.164 e. The van der Waals surface area contributed by atoms with Crippen molar-refractivity contribution in [3.05, 3.63) is 224 Å². The number of benzene rings is 11. The zero-order valence-electron chi connectivity index (χ0n) is 35.6. The molecule has 0 amide bonds. The molecule has 5 nitrogen and oxygen atoms in total. The summed E-state index contributed by atoms with van der Waals surface area (Å²) < 4.78 is 4.99. The topological polar surface area (TPSA) is 48.5 Å². The average Bonchev–Trinajstić information content (AvgIpc) is 3.91. The van der Waals surface area contributed by atoms with E-state index in [1.807, 2.05) is 18.2 Å². The first-order valence-electron chi connectivity index (χ1n) is 22.4. The van der Waals surface area contributed by atoms with Crippen molar-refractivity contribution in [3.63, 3.8) is 0 Å².